The second kappa shape index (κ2) is 45.4. The molecule has 0 heterocycles. The first-order valence-electron chi connectivity index (χ1n) is 26.4. The summed E-state index contributed by atoms with van der Waals surface area (Å²) in [5.74, 6) is -1.45. The Labute approximate surface area is 383 Å². The molecular formula is C54H102NO7+. The van der Waals surface area contributed by atoms with Crippen molar-refractivity contribution in [2.45, 2.75) is 264 Å². The number of unbranched alkanes of at least 4 members (excludes halogenated alkanes) is 31. The van der Waals surface area contributed by atoms with Crippen molar-refractivity contribution in [3.63, 3.8) is 0 Å². The van der Waals surface area contributed by atoms with E-state index in [0.29, 0.717) is 19.3 Å². The van der Waals surface area contributed by atoms with Gasteiger partial charge in [-0.2, -0.15) is 0 Å². The van der Waals surface area contributed by atoms with Crippen LogP contribution in [-0.4, -0.2) is 80.6 Å². The summed E-state index contributed by atoms with van der Waals surface area (Å²) in [4.78, 5) is 37.2. The van der Waals surface area contributed by atoms with Crippen molar-refractivity contribution in [3.8, 4) is 0 Å². The summed E-state index contributed by atoms with van der Waals surface area (Å²) in [5.41, 5.74) is 0. The number of hydrogen-bond acceptors (Lipinski definition) is 6. The van der Waals surface area contributed by atoms with Gasteiger partial charge in [0.1, 0.15) is 6.61 Å². The van der Waals surface area contributed by atoms with Crippen LogP contribution in [0, 0.1) is 0 Å². The Morgan fingerprint density at radius 2 is 0.839 bits per heavy atom. The monoisotopic (exact) mass is 877 g/mol. The molecule has 8 nitrogen and oxygen atoms in total. The smallest absolute Gasteiger partial charge is 0.362 e. The molecule has 0 aliphatic heterocycles. The molecule has 2 unspecified atom stereocenters. The molecule has 0 saturated heterocycles. The number of carbonyl (C=O) groups excluding carboxylic acids is 2. The lowest BCUT2D eigenvalue weighted by molar-refractivity contribution is -0.887. The minimum Gasteiger partial charge on any atom is -0.477 e. The van der Waals surface area contributed by atoms with Crippen LogP contribution >= 0.6 is 0 Å². The number of aliphatic carboxylic acids is 1. The van der Waals surface area contributed by atoms with Crippen LogP contribution in [0.2, 0.25) is 0 Å². The van der Waals surface area contributed by atoms with Crippen LogP contribution in [0.5, 0.6) is 0 Å². The van der Waals surface area contributed by atoms with E-state index in [4.69, 9.17) is 14.2 Å². The number of nitrogens with zero attached hydrogens (tertiary/aromatic N) is 1. The minimum absolute atomic E-state index is 0.0477. The maximum atomic E-state index is 12.8. The van der Waals surface area contributed by atoms with E-state index in [-0.39, 0.29) is 36.2 Å². The SMILES string of the molecule is CCCCC/C=C/C=C/CCCCCCCCCCCCC(=O)OCC(COCCC(C(=O)O)[N+](C)(C)C)OC(=O)CCCCCCCCCCCCCCCCCCCCC. The number of likely N-dealkylation sites (N-methyl/N-ethyl adjacent to an activating group) is 1. The highest BCUT2D eigenvalue weighted by Gasteiger charge is 2.31. The molecule has 0 radical (unpaired) electrons. The fourth-order valence-corrected chi connectivity index (χ4v) is 8.03. The van der Waals surface area contributed by atoms with Gasteiger partial charge in [-0.3, -0.25) is 9.59 Å². The Bertz CT molecular complexity index is 1070. The van der Waals surface area contributed by atoms with Gasteiger partial charge in [0.25, 0.3) is 0 Å². The predicted octanol–water partition coefficient (Wildman–Crippen LogP) is 15.2. The van der Waals surface area contributed by atoms with Gasteiger partial charge < -0.3 is 23.8 Å². The molecule has 1 N–H and O–H groups in total. The maximum Gasteiger partial charge on any atom is 0.362 e. The lowest BCUT2D eigenvalue weighted by atomic mass is 10.0. The highest BCUT2D eigenvalue weighted by Crippen LogP contribution is 2.17. The molecule has 0 aromatic carbocycles. The van der Waals surface area contributed by atoms with Crippen LogP contribution in [0.4, 0.5) is 0 Å². The van der Waals surface area contributed by atoms with Crippen molar-refractivity contribution < 1.29 is 38.2 Å². The van der Waals surface area contributed by atoms with Gasteiger partial charge in [0.2, 0.25) is 0 Å². The number of carboxylic acids is 1. The zero-order chi connectivity index (χ0) is 45.6. The Balaban J connectivity index is 4.20. The molecule has 364 valence electrons. The van der Waals surface area contributed by atoms with Crippen molar-refractivity contribution in [1.82, 2.24) is 0 Å². The van der Waals surface area contributed by atoms with Crippen molar-refractivity contribution in [1.29, 1.82) is 0 Å². The average molecular weight is 877 g/mol. The molecule has 0 fully saturated rings. The van der Waals surface area contributed by atoms with Crippen molar-refractivity contribution in [3.05, 3.63) is 24.3 Å². The van der Waals surface area contributed by atoms with Gasteiger partial charge in [-0.15, -0.1) is 0 Å². The van der Waals surface area contributed by atoms with Gasteiger partial charge in [0.05, 0.1) is 34.4 Å². The fraction of sp³-hybridized carbons (Fsp3) is 0.870. The third-order valence-corrected chi connectivity index (χ3v) is 12.1. The van der Waals surface area contributed by atoms with Gasteiger partial charge in [-0.25, -0.2) is 4.79 Å². The number of hydrogen-bond donors (Lipinski definition) is 1. The Hall–Kier alpha value is -2.19. The van der Waals surface area contributed by atoms with Crippen molar-refractivity contribution in [2.24, 2.45) is 0 Å². The van der Waals surface area contributed by atoms with Crippen LogP contribution < -0.4 is 0 Å². The average Bonchev–Trinajstić information content (AvgIpc) is 3.23. The van der Waals surface area contributed by atoms with E-state index < -0.39 is 18.1 Å². The number of quaternary nitrogens is 1. The van der Waals surface area contributed by atoms with E-state index >= 15 is 0 Å². The van der Waals surface area contributed by atoms with Crippen molar-refractivity contribution in [2.75, 3.05) is 41.0 Å². The van der Waals surface area contributed by atoms with Crippen LogP contribution in [0.15, 0.2) is 24.3 Å². The Kier molecular flexibility index (Phi) is 43.8. The molecule has 2 atom stereocenters. The van der Waals surface area contributed by atoms with E-state index in [1.165, 1.54) is 180 Å². The van der Waals surface area contributed by atoms with E-state index in [0.717, 1.165) is 38.5 Å². The number of allylic oxidation sites excluding steroid dienone is 4. The van der Waals surface area contributed by atoms with E-state index in [1.54, 1.807) is 0 Å². The molecule has 0 aromatic heterocycles. The molecule has 0 aliphatic carbocycles. The zero-order valence-corrected chi connectivity index (χ0v) is 41.6. The summed E-state index contributed by atoms with van der Waals surface area (Å²) in [7, 11) is 5.55. The molecule has 0 spiro atoms. The predicted molar refractivity (Wildman–Crippen MR) is 262 cm³/mol. The first-order chi connectivity index (χ1) is 30.1. The molecule has 8 heteroatoms. The van der Waals surface area contributed by atoms with Crippen molar-refractivity contribution >= 4 is 17.9 Å². The number of carbonyl (C=O) groups is 3. The quantitative estimate of drug-likeness (QED) is 0.0281. The topological polar surface area (TPSA) is 99.1 Å². The van der Waals surface area contributed by atoms with Gasteiger partial charge in [0.15, 0.2) is 12.1 Å². The lowest BCUT2D eigenvalue weighted by Crippen LogP contribution is -2.50. The largest absolute Gasteiger partial charge is 0.477 e. The van der Waals surface area contributed by atoms with Crippen LogP contribution in [0.3, 0.4) is 0 Å². The summed E-state index contributed by atoms with van der Waals surface area (Å²) < 4.78 is 17.4. The molecule has 62 heavy (non-hydrogen) atoms. The van der Waals surface area contributed by atoms with E-state index in [2.05, 4.69) is 38.2 Å². The number of esters is 2. The van der Waals surface area contributed by atoms with Gasteiger partial charge in [0, 0.05) is 19.3 Å². The zero-order valence-electron chi connectivity index (χ0n) is 41.6. The third-order valence-electron chi connectivity index (χ3n) is 12.1. The lowest BCUT2D eigenvalue weighted by Gasteiger charge is -2.31. The summed E-state index contributed by atoms with van der Waals surface area (Å²) in [6.45, 7) is 4.75. The number of carboxylic acid groups (broad SMARTS) is 1. The van der Waals surface area contributed by atoms with Gasteiger partial charge >= 0.3 is 17.9 Å². The Morgan fingerprint density at radius 1 is 0.484 bits per heavy atom. The summed E-state index contributed by atoms with van der Waals surface area (Å²) in [6, 6.07) is -0.613. The molecule has 0 aromatic rings. The Morgan fingerprint density at radius 3 is 1.24 bits per heavy atom. The normalized spacial score (nSPS) is 13.0. The molecule has 0 amide bonds. The highest BCUT2D eigenvalue weighted by atomic mass is 16.6. The number of rotatable bonds is 48. The number of ether oxygens (including phenoxy) is 3. The standard InChI is InChI=1S/C54H101NO7/c1-6-8-10-12-14-16-18-20-22-24-26-28-30-32-34-36-38-40-42-44-52(56)61-49-50(48-60-47-46-51(54(58)59)55(3,4)5)62-53(57)45-43-41-39-37-35-33-31-29-27-25-23-21-19-17-15-13-11-9-7-2/h14,16,18,20,50-51H,6-13,15,17,19,21-49H2,1-5H3/p+1/b16-14+,20-18+. The third kappa shape index (κ3) is 43.1. The summed E-state index contributed by atoms with van der Waals surface area (Å²) in [6.07, 6.45) is 52.2. The summed E-state index contributed by atoms with van der Waals surface area (Å²) >= 11 is 0. The molecule has 0 bridgehead atoms. The minimum atomic E-state index is -0.871. The van der Waals surface area contributed by atoms with E-state index in [1.807, 2.05) is 21.1 Å². The van der Waals surface area contributed by atoms with Gasteiger partial charge in [-0.1, -0.05) is 218 Å². The second-order valence-electron chi connectivity index (χ2n) is 19.2. The first-order valence-corrected chi connectivity index (χ1v) is 26.4. The van der Waals surface area contributed by atoms with E-state index in [9.17, 15) is 19.5 Å². The first kappa shape index (κ1) is 59.8. The second-order valence-corrected chi connectivity index (χ2v) is 19.2. The van der Waals surface area contributed by atoms with Crippen LogP contribution in [0.25, 0.3) is 0 Å². The summed E-state index contributed by atoms with van der Waals surface area (Å²) in [5, 5.41) is 9.66. The molecular weight excluding hydrogens is 775 g/mol. The highest BCUT2D eigenvalue weighted by molar-refractivity contribution is 5.72. The maximum absolute atomic E-state index is 12.8. The molecule has 0 saturated carbocycles. The van der Waals surface area contributed by atoms with Crippen LogP contribution in [0.1, 0.15) is 251 Å². The molecule has 0 rings (SSSR count). The molecule has 0 aliphatic rings. The van der Waals surface area contributed by atoms with Gasteiger partial charge in [-0.05, 0) is 38.5 Å². The van der Waals surface area contributed by atoms with Crippen LogP contribution in [-0.2, 0) is 28.6 Å². The fourth-order valence-electron chi connectivity index (χ4n) is 8.03.